The second kappa shape index (κ2) is 8.22. The Balaban J connectivity index is 1.58. The molecule has 28 heavy (non-hydrogen) atoms. The van der Waals surface area contributed by atoms with Crippen molar-refractivity contribution in [2.75, 3.05) is 16.0 Å². The van der Waals surface area contributed by atoms with Gasteiger partial charge < -0.3 is 20.4 Å². The van der Waals surface area contributed by atoms with Crippen LogP contribution >= 0.6 is 0 Å². The molecule has 0 saturated heterocycles. The molecule has 0 saturated carbocycles. The average Bonchev–Trinajstić information content (AvgIpc) is 3.23. The molecule has 0 aliphatic heterocycles. The average molecular weight is 372 g/mol. The molecule has 0 atom stereocenters. The lowest BCUT2D eigenvalue weighted by molar-refractivity contribution is 0.517. The number of anilines is 5. The minimum atomic E-state index is 0.442. The highest BCUT2D eigenvalue weighted by Crippen LogP contribution is 2.19. The van der Waals surface area contributed by atoms with Gasteiger partial charge in [-0.25, -0.2) is 0 Å². The van der Waals surface area contributed by atoms with E-state index in [0.29, 0.717) is 24.4 Å². The number of nitrogens with one attached hydrogen (secondary N) is 3. The van der Waals surface area contributed by atoms with Gasteiger partial charge in [0.1, 0.15) is 5.76 Å². The van der Waals surface area contributed by atoms with Crippen LogP contribution in [0.15, 0.2) is 77.4 Å². The van der Waals surface area contributed by atoms with Gasteiger partial charge in [0, 0.05) is 11.4 Å². The van der Waals surface area contributed by atoms with Crippen LogP contribution < -0.4 is 16.0 Å². The Morgan fingerprint density at radius 3 is 2.00 bits per heavy atom. The predicted molar refractivity (Wildman–Crippen MR) is 110 cm³/mol. The van der Waals surface area contributed by atoms with Crippen LogP contribution in [0, 0.1) is 6.92 Å². The Kier molecular flexibility index (Phi) is 5.15. The van der Waals surface area contributed by atoms with Gasteiger partial charge in [0.15, 0.2) is 0 Å². The van der Waals surface area contributed by atoms with E-state index in [1.54, 1.807) is 6.26 Å². The van der Waals surface area contributed by atoms with Gasteiger partial charge in [0.05, 0.1) is 12.8 Å². The first-order chi connectivity index (χ1) is 13.7. The van der Waals surface area contributed by atoms with Gasteiger partial charge in [0.25, 0.3) is 0 Å². The molecule has 7 heteroatoms. The van der Waals surface area contributed by atoms with Crippen molar-refractivity contribution in [2.45, 2.75) is 13.5 Å². The second-order valence-electron chi connectivity index (χ2n) is 6.22. The first-order valence-electron chi connectivity index (χ1n) is 8.93. The molecule has 4 rings (SSSR count). The summed E-state index contributed by atoms with van der Waals surface area (Å²) in [6.45, 7) is 2.52. The Labute approximate surface area is 162 Å². The number of benzene rings is 2. The van der Waals surface area contributed by atoms with E-state index in [2.05, 4.69) is 30.9 Å². The molecule has 2 aromatic carbocycles. The zero-order valence-electron chi connectivity index (χ0n) is 15.4. The van der Waals surface area contributed by atoms with Crippen molar-refractivity contribution in [3.63, 3.8) is 0 Å². The molecule has 140 valence electrons. The summed E-state index contributed by atoms with van der Waals surface area (Å²) in [4.78, 5) is 13.4. The van der Waals surface area contributed by atoms with Crippen LogP contribution in [0.25, 0.3) is 0 Å². The first kappa shape index (κ1) is 17.5. The molecule has 3 N–H and O–H groups in total. The number of rotatable bonds is 7. The monoisotopic (exact) mass is 372 g/mol. The summed E-state index contributed by atoms with van der Waals surface area (Å²) in [5.41, 5.74) is 2.99. The highest BCUT2D eigenvalue weighted by atomic mass is 16.3. The molecule has 4 aromatic rings. The van der Waals surface area contributed by atoms with E-state index >= 15 is 0 Å². The standard InChI is InChI=1S/C21H20N6O/c1-15-9-11-17(12-10-15)24-21-26-19(22-14-18-8-5-13-28-18)25-20(27-21)23-16-6-3-2-4-7-16/h2-13H,14H2,1H3,(H3,22,23,24,25,26,27). The maximum absolute atomic E-state index is 5.35. The summed E-state index contributed by atoms with van der Waals surface area (Å²) < 4.78 is 5.35. The van der Waals surface area contributed by atoms with Crippen LogP contribution in [-0.4, -0.2) is 15.0 Å². The van der Waals surface area contributed by atoms with E-state index < -0.39 is 0 Å². The van der Waals surface area contributed by atoms with E-state index in [9.17, 15) is 0 Å². The van der Waals surface area contributed by atoms with E-state index in [1.807, 2.05) is 73.7 Å². The fourth-order valence-corrected chi connectivity index (χ4v) is 2.56. The van der Waals surface area contributed by atoms with Crippen molar-refractivity contribution in [3.8, 4) is 0 Å². The third-order valence-corrected chi connectivity index (χ3v) is 3.97. The second-order valence-corrected chi connectivity index (χ2v) is 6.22. The molecule has 0 amide bonds. The number of para-hydroxylation sites is 1. The van der Waals surface area contributed by atoms with Gasteiger partial charge in [-0.15, -0.1) is 0 Å². The number of aryl methyl sites for hydroxylation is 1. The molecule has 7 nitrogen and oxygen atoms in total. The quantitative estimate of drug-likeness (QED) is 0.426. The fourth-order valence-electron chi connectivity index (χ4n) is 2.56. The van der Waals surface area contributed by atoms with Crippen molar-refractivity contribution in [1.29, 1.82) is 0 Å². The summed E-state index contributed by atoms with van der Waals surface area (Å²) in [6, 6.07) is 21.5. The number of hydrogen-bond donors (Lipinski definition) is 3. The SMILES string of the molecule is Cc1ccc(Nc2nc(NCc3ccco3)nc(Nc3ccccc3)n2)cc1. The van der Waals surface area contributed by atoms with Gasteiger partial charge >= 0.3 is 0 Å². The van der Waals surface area contributed by atoms with Crippen LogP contribution in [0.3, 0.4) is 0 Å². The smallest absolute Gasteiger partial charge is 0.233 e. The first-order valence-corrected chi connectivity index (χ1v) is 8.93. The number of nitrogens with zero attached hydrogens (tertiary/aromatic N) is 3. The lowest BCUT2D eigenvalue weighted by atomic mass is 10.2. The summed E-state index contributed by atoms with van der Waals surface area (Å²) in [5.74, 6) is 2.13. The van der Waals surface area contributed by atoms with Crippen LogP contribution in [0.4, 0.5) is 29.2 Å². The summed E-state index contributed by atoms with van der Waals surface area (Å²) >= 11 is 0. The van der Waals surface area contributed by atoms with E-state index in [-0.39, 0.29) is 0 Å². The summed E-state index contributed by atoms with van der Waals surface area (Å²) in [7, 11) is 0. The van der Waals surface area contributed by atoms with Crippen molar-refractivity contribution >= 4 is 29.2 Å². The molecule has 2 heterocycles. The van der Waals surface area contributed by atoms with Gasteiger partial charge in [-0.05, 0) is 43.3 Å². The molecule has 2 aromatic heterocycles. The van der Waals surface area contributed by atoms with Gasteiger partial charge in [-0.2, -0.15) is 15.0 Å². The number of hydrogen-bond acceptors (Lipinski definition) is 7. The van der Waals surface area contributed by atoms with Gasteiger partial charge in [0.2, 0.25) is 17.8 Å². The van der Waals surface area contributed by atoms with E-state index in [1.165, 1.54) is 5.56 Å². The molecule has 0 unspecified atom stereocenters. The maximum atomic E-state index is 5.35. The Morgan fingerprint density at radius 1 is 0.714 bits per heavy atom. The van der Waals surface area contributed by atoms with E-state index in [0.717, 1.165) is 17.1 Å². The minimum absolute atomic E-state index is 0.442. The zero-order valence-corrected chi connectivity index (χ0v) is 15.4. The van der Waals surface area contributed by atoms with Crippen LogP contribution in [0.1, 0.15) is 11.3 Å². The maximum Gasteiger partial charge on any atom is 0.233 e. The summed E-state index contributed by atoms with van der Waals surface area (Å²) in [5, 5.41) is 9.60. The molecule has 0 aliphatic carbocycles. The third-order valence-electron chi connectivity index (χ3n) is 3.97. The molecule has 0 spiro atoms. The fraction of sp³-hybridized carbons (Fsp3) is 0.0952. The van der Waals surface area contributed by atoms with Gasteiger partial charge in [-0.3, -0.25) is 0 Å². The van der Waals surface area contributed by atoms with Crippen molar-refractivity contribution in [3.05, 3.63) is 84.3 Å². The topological polar surface area (TPSA) is 87.9 Å². The summed E-state index contributed by atoms with van der Waals surface area (Å²) in [6.07, 6.45) is 1.64. The van der Waals surface area contributed by atoms with Crippen LogP contribution in [0.2, 0.25) is 0 Å². The Morgan fingerprint density at radius 2 is 1.36 bits per heavy atom. The lowest BCUT2D eigenvalue weighted by Crippen LogP contribution is -2.09. The predicted octanol–water partition coefficient (Wildman–Crippen LogP) is 4.87. The van der Waals surface area contributed by atoms with Crippen LogP contribution in [0.5, 0.6) is 0 Å². The zero-order chi connectivity index (χ0) is 19.2. The van der Waals surface area contributed by atoms with Crippen molar-refractivity contribution < 1.29 is 4.42 Å². The van der Waals surface area contributed by atoms with Crippen LogP contribution in [-0.2, 0) is 6.54 Å². The van der Waals surface area contributed by atoms with Crippen molar-refractivity contribution in [2.24, 2.45) is 0 Å². The molecular formula is C21H20N6O. The third kappa shape index (κ3) is 4.64. The van der Waals surface area contributed by atoms with Crippen molar-refractivity contribution in [1.82, 2.24) is 15.0 Å². The Bertz CT molecular complexity index is 1020. The normalized spacial score (nSPS) is 10.5. The van der Waals surface area contributed by atoms with Gasteiger partial charge in [-0.1, -0.05) is 35.9 Å². The van der Waals surface area contributed by atoms with E-state index in [4.69, 9.17) is 4.42 Å². The molecule has 0 fully saturated rings. The molecule has 0 radical (unpaired) electrons. The molecular weight excluding hydrogens is 352 g/mol. The number of furan rings is 1. The lowest BCUT2D eigenvalue weighted by Gasteiger charge is -2.11. The minimum Gasteiger partial charge on any atom is -0.467 e. The molecule has 0 aliphatic rings. The molecule has 0 bridgehead atoms. The number of aromatic nitrogens is 3. The highest BCUT2D eigenvalue weighted by Gasteiger charge is 2.08. The largest absolute Gasteiger partial charge is 0.467 e. The Hall–Kier alpha value is -3.87. The highest BCUT2D eigenvalue weighted by molar-refractivity contribution is 5.59.